The molecule has 0 radical (unpaired) electrons. The standard InChI is InChI=1S/C11H13BrN2O/c1-6-4-9(6)11(15)14-10-7(2)3-8(12)5-13-10/h3,5-6,9H,4H2,1-2H3,(H,13,14,15). The summed E-state index contributed by atoms with van der Waals surface area (Å²) in [7, 11) is 0. The summed E-state index contributed by atoms with van der Waals surface area (Å²) in [6, 6.07) is 1.94. The predicted octanol–water partition coefficient (Wildman–Crippen LogP) is 2.75. The van der Waals surface area contributed by atoms with Crippen LogP contribution in [0.15, 0.2) is 16.7 Å². The van der Waals surface area contributed by atoms with Gasteiger partial charge in [-0.2, -0.15) is 0 Å². The number of halogens is 1. The molecule has 4 heteroatoms. The maximum absolute atomic E-state index is 11.7. The van der Waals surface area contributed by atoms with Gasteiger partial charge in [0.25, 0.3) is 0 Å². The minimum atomic E-state index is 0.0976. The summed E-state index contributed by atoms with van der Waals surface area (Å²) >= 11 is 3.34. The smallest absolute Gasteiger partial charge is 0.228 e. The molecule has 1 saturated carbocycles. The molecule has 1 aliphatic rings. The van der Waals surface area contributed by atoms with Crippen LogP contribution in [0, 0.1) is 18.8 Å². The number of carbonyl (C=O) groups is 1. The van der Waals surface area contributed by atoms with Gasteiger partial charge in [0.1, 0.15) is 5.82 Å². The van der Waals surface area contributed by atoms with Gasteiger partial charge in [0.15, 0.2) is 0 Å². The third-order valence-corrected chi connectivity index (χ3v) is 3.17. The van der Waals surface area contributed by atoms with Crippen molar-refractivity contribution in [1.82, 2.24) is 4.98 Å². The summed E-state index contributed by atoms with van der Waals surface area (Å²) in [6.07, 6.45) is 2.69. The average molecular weight is 269 g/mol. The van der Waals surface area contributed by atoms with Crippen LogP contribution in [0.25, 0.3) is 0 Å². The highest BCUT2D eigenvalue weighted by Gasteiger charge is 2.39. The van der Waals surface area contributed by atoms with Gasteiger partial charge in [0.05, 0.1) is 0 Å². The number of carbonyl (C=O) groups excluding carboxylic acids is 1. The van der Waals surface area contributed by atoms with Crippen LogP contribution in [0.3, 0.4) is 0 Å². The lowest BCUT2D eigenvalue weighted by Crippen LogP contribution is -2.16. The third kappa shape index (κ3) is 2.37. The van der Waals surface area contributed by atoms with E-state index in [1.165, 1.54) is 0 Å². The molecule has 1 aliphatic carbocycles. The van der Waals surface area contributed by atoms with Crippen molar-refractivity contribution in [3.8, 4) is 0 Å². The second-order valence-electron chi connectivity index (χ2n) is 4.13. The maximum Gasteiger partial charge on any atom is 0.228 e. The molecule has 1 fully saturated rings. The van der Waals surface area contributed by atoms with E-state index in [9.17, 15) is 4.79 Å². The molecule has 2 atom stereocenters. The van der Waals surface area contributed by atoms with E-state index >= 15 is 0 Å². The van der Waals surface area contributed by atoms with Gasteiger partial charge in [-0.05, 0) is 46.8 Å². The first kappa shape index (κ1) is 10.6. The quantitative estimate of drug-likeness (QED) is 0.896. The summed E-state index contributed by atoms with van der Waals surface area (Å²) in [5, 5.41) is 2.86. The lowest BCUT2D eigenvalue weighted by atomic mass is 10.2. The number of rotatable bonds is 2. The van der Waals surface area contributed by atoms with Crippen molar-refractivity contribution < 1.29 is 4.79 Å². The molecular formula is C11H13BrN2O. The molecule has 0 aliphatic heterocycles. The topological polar surface area (TPSA) is 42.0 Å². The molecule has 15 heavy (non-hydrogen) atoms. The number of nitrogens with one attached hydrogen (secondary N) is 1. The zero-order valence-electron chi connectivity index (χ0n) is 8.75. The molecule has 0 aromatic carbocycles. The first-order valence-electron chi connectivity index (χ1n) is 5.01. The minimum absolute atomic E-state index is 0.0976. The molecule has 2 rings (SSSR count). The van der Waals surface area contributed by atoms with Crippen molar-refractivity contribution in [1.29, 1.82) is 0 Å². The van der Waals surface area contributed by atoms with E-state index in [1.54, 1.807) is 6.20 Å². The molecule has 1 heterocycles. The van der Waals surface area contributed by atoms with Crippen LogP contribution in [0.4, 0.5) is 5.82 Å². The van der Waals surface area contributed by atoms with Gasteiger partial charge in [-0.3, -0.25) is 4.79 Å². The molecule has 2 unspecified atom stereocenters. The monoisotopic (exact) mass is 268 g/mol. The van der Waals surface area contributed by atoms with Gasteiger partial charge in [-0.25, -0.2) is 4.98 Å². The average Bonchev–Trinajstić information content (AvgIpc) is 2.88. The van der Waals surface area contributed by atoms with E-state index in [2.05, 4.69) is 33.2 Å². The fourth-order valence-corrected chi connectivity index (χ4v) is 2.01. The Morgan fingerprint density at radius 3 is 2.87 bits per heavy atom. The van der Waals surface area contributed by atoms with Gasteiger partial charge in [-0.1, -0.05) is 6.92 Å². The van der Waals surface area contributed by atoms with Crippen LogP contribution in [-0.2, 0) is 4.79 Å². The largest absolute Gasteiger partial charge is 0.310 e. The van der Waals surface area contributed by atoms with Crippen molar-refractivity contribution in [2.45, 2.75) is 20.3 Å². The van der Waals surface area contributed by atoms with Gasteiger partial charge in [-0.15, -0.1) is 0 Å². The van der Waals surface area contributed by atoms with Crippen LogP contribution in [0.5, 0.6) is 0 Å². The lowest BCUT2D eigenvalue weighted by Gasteiger charge is -2.06. The normalized spacial score (nSPS) is 23.7. The van der Waals surface area contributed by atoms with Gasteiger partial charge >= 0.3 is 0 Å². The number of aromatic nitrogens is 1. The van der Waals surface area contributed by atoms with Crippen LogP contribution in [0.1, 0.15) is 18.9 Å². The summed E-state index contributed by atoms with van der Waals surface area (Å²) in [5.41, 5.74) is 0.978. The first-order valence-corrected chi connectivity index (χ1v) is 5.80. The summed E-state index contributed by atoms with van der Waals surface area (Å²) in [6.45, 7) is 4.02. The van der Waals surface area contributed by atoms with Crippen LogP contribution >= 0.6 is 15.9 Å². The molecule has 1 aromatic heterocycles. The Kier molecular flexibility index (Phi) is 2.78. The first-order chi connectivity index (χ1) is 7.08. The van der Waals surface area contributed by atoms with Gasteiger partial charge < -0.3 is 5.32 Å². The summed E-state index contributed by atoms with van der Waals surface area (Å²) in [5.74, 6) is 1.48. The highest BCUT2D eigenvalue weighted by Crippen LogP contribution is 2.38. The van der Waals surface area contributed by atoms with Crippen LogP contribution < -0.4 is 5.32 Å². The van der Waals surface area contributed by atoms with Gasteiger partial charge in [0, 0.05) is 16.6 Å². The van der Waals surface area contributed by atoms with Crippen LogP contribution in [-0.4, -0.2) is 10.9 Å². The highest BCUT2D eigenvalue weighted by molar-refractivity contribution is 9.10. The molecule has 80 valence electrons. The summed E-state index contributed by atoms with van der Waals surface area (Å²) < 4.78 is 0.929. The minimum Gasteiger partial charge on any atom is -0.310 e. The third-order valence-electron chi connectivity index (χ3n) is 2.73. The molecular weight excluding hydrogens is 256 g/mol. The predicted molar refractivity (Wildman–Crippen MR) is 62.6 cm³/mol. The number of anilines is 1. The van der Waals surface area contributed by atoms with Crippen molar-refractivity contribution in [3.05, 3.63) is 22.3 Å². The number of hydrogen-bond donors (Lipinski definition) is 1. The van der Waals surface area contributed by atoms with E-state index in [4.69, 9.17) is 0 Å². The van der Waals surface area contributed by atoms with E-state index < -0.39 is 0 Å². The van der Waals surface area contributed by atoms with Crippen molar-refractivity contribution in [2.75, 3.05) is 5.32 Å². The molecule has 0 spiro atoms. The Morgan fingerprint density at radius 1 is 1.67 bits per heavy atom. The maximum atomic E-state index is 11.7. The van der Waals surface area contributed by atoms with Gasteiger partial charge in [0.2, 0.25) is 5.91 Å². The molecule has 3 nitrogen and oxygen atoms in total. The second kappa shape index (κ2) is 3.93. The Hall–Kier alpha value is -0.900. The van der Waals surface area contributed by atoms with E-state index in [-0.39, 0.29) is 11.8 Å². The molecule has 1 N–H and O–H groups in total. The van der Waals surface area contributed by atoms with E-state index in [1.807, 2.05) is 13.0 Å². The number of hydrogen-bond acceptors (Lipinski definition) is 2. The fourth-order valence-electron chi connectivity index (χ4n) is 1.57. The van der Waals surface area contributed by atoms with Crippen LogP contribution in [0.2, 0.25) is 0 Å². The Balaban J connectivity index is 2.07. The highest BCUT2D eigenvalue weighted by atomic mass is 79.9. The zero-order chi connectivity index (χ0) is 11.0. The second-order valence-corrected chi connectivity index (χ2v) is 5.04. The Morgan fingerprint density at radius 2 is 2.33 bits per heavy atom. The zero-order valence-corrected chi connectivity index (χ0v) is 10.3. The van der Waals surface area contributed by atoms with Crippen molar-refractivity contribution in [2.24, 2.45) is 11.8 Å². The fraction of sp³-hybridized carbons (Fsp3) is 0.455. The van der Waals surface area contributed by atoms with E-state index in [0.717, 1.165) is 16.5 Å². The molecule has 0 saturated heterocycles. The van der Waals surface area contributed by atoms with Crippen molar-refractivity contribution >= 4 is 27.7 Å². The lowest BCUT2D eigenvalue weighted by molar-refractivity contribution is -0.117. The SMILES string of the molecule is Cc1cc(Br)cnc1NC(=O)C1CC1C. The Labute approximate surface area is 97.4 Å². The number of amides is 1. The van der Waals surface area contributed by atoms with E-state index in [0.29, 0.717) is 11.7 Å². The molecule has 0 bridgehead atoms. The van der Waals surface area contributed by atoms with Crippen molar-refractivity contribution in [3.63, 3.8) is 0 Å². The Bertz CT molecular complexity index is 406. The molecule has 1 aromatic rings. The number of nitrogens with zero attached hydrogens (tertiary/aromatic N) is 1. The number of aryl methyl sites for hydroxylation is 1. The molecule has 1 amide bonds. The summed E-state index contributed by atoms with van der Waals surface area (Å²) in [4.78, 5) is 15.8. The number of pyridine rings is 1.